The van der Waals surface area contributed by atoms with Gasteiger partial charge in [-0.05, 0) is 24.6 Å². The molecule has 1 amide bonds. The van der Waals surface area contributed by atoms with Gasteiger partial charge in [0.2, 0.25) is 11.1 Å². The molecule has 0 atom stereocenters. The summed E-state index contributed by atoms with van der Waals surface area (Å²) < 4.78 is 6.69. The van der Waals surface area contributed by atoms with Crippen molar-refractivity contribution < 1.29 is 9.53 Å². The lowest BCUT2D eigenvalue weighted by Gasteiger charge is -2.17. The first-order chi connectivity index (χ1) is 10.6. The Kier molecular flexibility index (Phi) is 5.65. The number of carbonyl (C=O) groups excluding carboxylic acids is 1. The number of rotatable bonds is 7. The third-order valence-corrected chi connectivity index (χ3v) is 3.89. The molecule has 2 N–H and O–H groups in total. The highest BCUT2D eigenvalue weighted by atomic mass is 32.2. The topological polar surface area (TPSA) is 86.3 Å². The summed E-state index contributed by atoms with van der Waals surface area (Å²) >= 11 is 1.26. The predicted molar refractivity (Wildman–Crippen MR) is 85.0 cm³/mol. The molecule has 22 heavy (non-hydrogen) atoms. The molecule has 0 aliphatic heterocycles. The highest BCUT2D eigenvalue weighted by Crippen LogP contribution is 2.15. The van der Waals surface area contributed by atoms with Crippen molar-refractivity contribution in [3.8, 4) is 5.75 Å². The number of hydrogen-bond acceptors (Lipinski definition) is 6. The molecule has 0 saturated heterocycles. The third kappa shape index (κ3) is 4.39. The Bertz CT molecular complexity index is 614. The van der Waals surface area contributed by atoms with Gasteiger partial charge in [-0.2, -0.15) is 0 Å². The van der Waals surface area contributed by atoms with Gasteiger partial charge in [0, 0.05) is 13.6 Å². The Morgan fingerprint density at radius 2 is 2.14 bits per heavy atom. The number of carbonyl (C=O) groups is 1. The molecular formula is C14H19N5O2S. The van der Waals surface area contributed by atoms with Crippen molar-refractivity contribution in [2.45, 2.75) is 18.6 Å². The Morgan fingerprint density at radius 1 is 1.41 bits per heavy atom. The van der Waals surface area contributed by atoms with Gasteiger partial charge in [0.25, 0.3) is 0 Å². The van der Waals surface area contributed by atoms with Crippen molar-refractivity contribution >= 4 is 17.7 Å². The summed E-state index contributed by atoms with van der Waals surface area (Å²) in [5.41, 5.74) is 1.05. The zero-order valence-corrected chi connectivity index (χ0v) is 13.4. The number of nitrogens with zero attached hydrogens (tertiary/aromatic N) is 4. The van der Waals surface area contributed by atoms with Crippen LogP contribution in [0.3, 0.4) is 0 Å². The predicted octanol–water partition coefficient (Wildman–Crippen LogP) is 1.14. The van der Waals surface area contributed by atoms with Gasteiger partial charge in [-0.3, -0.25) is 4.79 Å². The first-order valence-corrected chi connectivity index (χ1v) is 7.82. The summed E-state index contributed by atoms with van der Waals surface area (Å²) in [6, 6.07) is 7.72. The summed E-state index contributed by atoms with van der Waals surface area (Å²) in [6.07, 6.45) is 1.40. The van der Waals surface area contributed by atoms with Crippen LogP contribution in [0.5, 0.6) is 5.75 Å². The smallest absolute Gasteiger partial charge is 0.233 e. The van der Waals surface area contributed by atoms with Gasteiger partial charge >= 0.3 is 0 Å². The van der Waals surface area contributed by atoms with Crippen LogP contribution in [0.1, 0.15) is 12.5 Å². The minimum atomic E-state index is 0.00175. The fraction of sp³-hybridized carbons (Fsp3) is 0.357. The second kappa shape index (κ2) is 7.69. The maximum absolute atomic E-state index is 12.1. The van der Waals surface area contributed by atoms with Crippen LogP contribution in [0, 0.1) is 0 Å². The molecule has 0 spiro atoms. The second-order valence-corrected chi connectivity index (χ2v) is 5.58. The highest BCUT2D eigenvalue weighted by molar-refractivity contribution is 7.99. The maximum atomic E-state index is 12.1. The van der Waals surface area contributed by atoms with Gasteiger partial charge in [0.1, 0.15) is 12.1 Å². The number of nitrogen functional groups attached to an aromatic ring is 1. The molecule has 0 unspecified atom stereocenters. The Labute approximate surface area is 133 Å². The maximum Gasteiger partial charge on any atom is 0.233 e. The molecule has 2 rings (SSSR count). The lowest BCUT2D eigenvalue weighted by molar-refractivity contribution is -0.127. The number of hydrogen-bond donors (Lipinski definition) is 1. The van der Waals surface area contributed by atoms with Crippen molar-refractivity contribution in [2.75, 3.05) is 25.3 Å². The SMILES string of the molecule is CCOc1ccc(CN(C)C(=O)CSc2nncn2N)cc1. The average molecular weight is 321 g/mol. The van der Waals surface area contributed by atoms with Crippen LogP contribution in [-0.4, -0.2) is 45.1 Å². The molecule has 0 aliphatic rings. The van der Waals surface area contributed by atoms with E-state index in [9.17, 15) is 4.79 Å². The molecular weight excluding hydrogens is 302 g/mol. The van der Waals surface area contributed by atoms with E-state index in [1.54, 1.807) is 11.9 Å². The monoisotopic (exact) mass is 321 g/mol. The van der Waals surface area contributed by atoms with Crippen LogP contribution >= 0.6 is 11.8 Å². The van der Waals surface area contributed by atoms with Crippen LogP contribution in [0.4, 0.5) is 0 Å². The van der Waals surface area contributed by atoms with Crippen molar-refractivity contribution in [3.05, 3.63) is 36.2 Å². The fourth-order valence-electron chi connectivity index (χ4n) is 1.79. The fourth-order valence-corrected chi connectivity index (χ4v) is 2.57. The van der Waals surface area contributed by atoms with E-state index in [1.807, 2.05) is 31.2 Å². The molecule has 1 aromatic heterocycles. The van der Waals surface area contributed by atoms with E-state index >= 15 is 0 Å². The van der Waals surface area contributed by atoms with Gasteiger partial charge in [-0.1, -0.05) is 23.9 Å². The zero-order valence-electron chi connectivity index (χ0n) is 12.6. The molecule has 0 radical (unpaired) electrons. The van der Waals surface area contributed by atoms with Gasteiger partial charge in [0.05, 0.1) is 12.4 Å². The molecule has 0 aliphatic carbocycles. The number of thioether (sulfide) groups is 1. The number of amides is 1. The van der Waals surface area contributed by atoms with E-state index in [1.165, 1.54) is 22.8 Å². The number of nitrogens with two attached hydrogens (primary N) is 1. The van der Waals surface area contributed by atoms with Crippen molar-refractivity contribution in [3.63, 3.8) is 0 Å². The normalized spacial score (nSPS) is 10.5. The van der Waals surface area contributed by atoms with E-state index in [4.69, 9.17) is 10.6 Å². The molecule has 118 valence electrons. The van der Waals surface area contributed by atoms with Crippen LogP contribution in [-0.2, 0) is 11.3 Å². The van der Waals surface area contributed by atoms with Crippen molar-refractivity contribution in [1.29, 1.82) is 0 Å². The summed E-state index contributed by atoms with van der Waals surface area (Å²) in [5.74, 6) is 6.70. The van der Waals surface area contributed by atoms with Crippen molar-refractivity contribution in [2.24, 2.45) is 0 Å². The lowest BCUT2D eigenvalue weighted by Crippen LogP contribution is -2.28. The van der Waals surface area contributed by atoms with E-state index in [-0.39, 0.29) is 11.7 Å². The largest absolute Gasteiger partial charge is 0.494 e. The van der Waals surface area contributed by atoms with Crippen LogP contribution < -0.4 is 10.6 Å². The number of aromatic nitrogens is 3. The molecule has 2 aromatic rings. The first-order valence-electron chi connectivity index (χ1n) is 6.83. The molecule has 8 heteroatoms. The Morgan fingerprint density at radius 3 is 2.73 bits per heavy atom. The Hall–Kier alpha value is -2.22. The summed E-state index contributed by atoms with van der Waals surface area (Å²) in [6.45, 7) is 3.13. The van der Waals surface area contributed by atoms with Gasteiger partial charge in [-0.15, -0.1) is 10.2 Å². The van der Waals surface area contributed by atoms with E-state index in [0.717, 1.165) is 11.3 Å². The van der Waals surface area contributed by atoms with Crippen LogP contribution in [0.25, 0.3) is 0 Å². The first kappa shape index (κ1) is 16.2. The molecule has 1 heterocycles. The molecule has 0 fully saturated rings. The summed E-state index contributed by atoms with van der Waals surface area (Å²) in [7, 11) is 1.77. The quantitative estimate of drug-likeness (QED) is 0.608. The Balaban J connectivity index is 1.84. The second-order valence-electron chi connectivity index (χ2n) is 4.64. The van der Waals surface area contributed by atoms with E-state index in [0.29, 0.717) is 18.3 Å². The van der Waals surface area contributed by atoms with E-state index in [2.05, 4.69) is 10.2 Å². The van der Waals surface area contributed by atoms with Crippen LogP contribution in [0.15, 0.2) is 35.7 Å². The van der Waals surface area contributed by atoms with Gasteiger partial charge in [0.15, 0.2) is 0 Å². The minimum Gasteiger partial charge on any atom is -0.494 e. The molecule has 0 bridgehead atoms. The van der Waals surface area contributed by atoms with Crippen molar-refractivity contribution in [1.82, 2.24) is 19.8 Å². The average Bonchev–Trinajstić information content (AvgIpc) is 2.92. The van der Waals surface area contributed by atoms with Gasteiger partial charge < -0.3 is 15.5 Å². The number of benzene rings is 1. The molecule has 7 nitrogen and oxygen atoms in total. The molecule has 1 aromatic carbocycles. The number of ether oxygens (including phenoxy) is 1. The van der Waals surface area contributed by atoms with Gasteiger partial charge in [-0.25, -0.2) is 4.68 Å². The van der Waals surface area contributed by atoms with E-state index < -0.39 is 0 Å². The highest BCUT2D eigenvalue weighted by Gasteiger charge is 2.12. The third-order valence-electron chi connectivity index (χ3n) is 2.94. The zero-order chi connectivity index (χ0) is 15.9. The molecule has 0 saturated carbocycles. The summed E-state index contributed by atoms with van der Waals surface area (Å²) in [5, 5.41) is 8.01. The van der Waals surface area contributed by atoms with Crippen LogP contribution in [0.2, 0.25) is 0 Å². The summed E-state index contributed by atoms with van der Waals surface area (Å²) in [4.78, 5) is 13.8. The minimum absolute atomic E-state index is 0.00175. The lowest BCUT2D eigenvalue weighted by atomic mass is 10.2. The standard InChI is InChI=1S/C14H19N5O2S/c1-3-21-12-6-4-11(5-7-12)8-18(2)13(20)9-22-14-17-16-10-19(14)15/h4-7,10H,3,8-9,15H2,1-2H3.